The summed E-state index contributed by atoms with van der Waals surface area (Å²) in [6.45, 7) is 7.69. The van der Waals surface area contributed by atoms with Crippen LogP contribution in [0, 0.1) is 0 Å². The molecule has 1 nitrogen and oxygen atoms in total. The van der Waals surface area contributed by atoms with Gasteiger partial charge in [0.2, 0.25) is 0 Å². The Hall–Kier alpha value is -1.58. The number of halogens is 1. The van der Waals surface area contributed by atoms with E-state index in [1.54, 1.807) is 11.3 Å². The Morgan fingerprint density at radius 3 is 2.63 bits per heavy atom. The third kappa shape index (κ3) is 2.20. The Bertz CT molecular complexity index is 754. The molecule has 1 aromatic carbocycles. The van der Waals surface area contributed by atoms with Crippen LogP contribution < -0.4 is 0 Å². The van der Waals surface area contributed by atoms with Gasteiger partial charge in [0.1, 0.15) is 0 Å². The molecule has 0 atom stereocenters. The van der Waals surface area contributed by atoms with Crippen molar-refractivity contribution in [1.29, 1.82) is 0 Å². The molecular formula is C16H12BrNS. The molecule has 0 amide bonds. The molecule has 0 aliphatic carbocycles. The van der Waals surface area contributed by atoms with Crippen molar-refractivity contribution in [3.63, 3.8) is 0 Å². The van der Waals surface area contributed by atoms with E-state index in [1.807, 2.05) is 12.2 Å². The predicted molar refractivity (Wildman–Crippen MR) is 89.5 cm³/mol. The number of H-pyrrole nitrogens is 1. The number of fused-ring (bicyclic) bond motifs is 1. The Kier molecular flexibility index (Phi) is 3.17. The number of rotatable bonds is 3. The molecule has 0 unspecified atom stereocenters. The molecule has 0 aliphatic heterocycles. The summed E-state index contributed by atoms with van der Waals surface area (Å²) in [7, 11) is 0. The Labute approximate surface area is 124 Å². The quantitative estimate of drug-likeness (QED) is 0.611. The van der Waals surface area contributed by atoms with E-state index >= 15 is 0 Å². The van der Waals surface area contributed by atoms with Crippen LogP contribution in [0.1, 0.15) is 10.4 Å². The average molecular weight is 330 g/mol. The van der Waals surface area contributed by atoms with Gasteiger partial charge in [-0.3, -0.25) is 0 Å². The minimum atomic E-state index is 1.08. The molecule has 0 spiro atoms. The second kappa shape index (κ2) is 4.83. The van der Waals surface area contributed by atoms with Crippen molar-refractivity contribution in [1.82, 2.24) is 4.98 Å². The number of hydrogen-bond donors (Lipinski definition) is 1. The van der Waals surface area contributed by atoms with Gasteiger partial charge in [0, 0.05) is 20.3 Å². The monoisotopic (exact) mass is 329 g/mol. The molecule has 0 saturated carbocycles. The largest absolute Gasteiger partial charge is 0.354 e. The van der Waals surface area contributed by atoms with Crippen LogP contribution in [0.15, 0.2) is 48.0 Å². The van der Waals surface area contributed by atoms with Gasteiger partial charge in [-0.15, -0.1) is 11.3 Å². The maximum absolute atomic E-state index is 3.85. The third-order valence-electron chi connectivity index (χ3n) is 3.05. The van der Waals surface area contributed by atoms with Crippen molar-refractivity contribution in [3.8, 4) is 10.6 Å². The van der Waals surface area contributed by atoms with E-state index in [0.717, 1.165) is 26.1 Å². The number of aromatic nitrogens is 1. The highest BCUT2D eigenvalue weighted by Crippen LogP contribution is 2.34. The zero-order valence-electron chi connectivity index (χ0n) is 10.2. The molecule has 2 aromatic heterocycles. The first-order chi connectivity index (χ1) is 9.21. The van der Waals surface area contributed by atoms with Crippen LogP contribution >= 0.6 is 27.3 Å². The fourth-order valence-electron chi connectivity index (χ4n) is 2.10. The smallest absolute Gasteiger partial charge is 0.0566 e. The molecule has 0 fully saturated rings. The van der Waals surface area contributed by atoms with Crippen molar-refractivity contribution in [3.05, 3.63) is 58.4 Å². The maximum Gasteiger partial charge on any atom is 0.0566 e. The average Bonchev–Trinajstić information content (AvgIpc) is 3.00. The highest BCUT2D eigenvalue weighted by atomic mass is 79.9. The van der Waals surface area contributed by atoms with E-state index in [1.165, 1.54) is 10.3 Å². The van der Waals surface area contributed by atoms with Crippen LogP contribution in [-0.2, 0) is 0 Å². The van der Waals surface area contributed by atoms with Crippen LogP contribution in [0.2, 0.25) is 0 Å². The normalized spacial score (nSPS) is 10.8. The summed E-state index contributed by atoms with van der Waals surface area (Å²) < 4.78 is 1.08. The van der Waals surface area contributed by atoms with E-state index in [-0.39, 0.29) is 0 Å². The molecule has 94 valence electrons. The van der Waals surface area contributed by atoms with Crippen LogP contribution in [0.5, 0.6) is 0 Å². The topological polar surface area (TPSA) is 15.8 Å². The molecule has 1 N–H and O–H groups in total. The van der Waals surface area contributed by atoms with Crippen LogP contribution in [0.3, 0.4) is 0 Å². The van der Waals surface area contributed by atoms with Crippen LogP contribution in [0.4, 0.5) is 0 Å². The molecule has 2 heterocycles. The van der Waals surface area contributed by atoms with Crippen molar-refractivity contribution in [2.75, 3.05) is 0 Å². The zero-order chi connectivity index (χ0) is 13.4. The van der Waals surface area contributed by atoms with Gasteiger partial charge in [0.05, 0.1) is 10.6 Å². The highest BCUT2D eigenvalue weighted by molar-refractivity contribution is 9.10. The van der Waals surface area contributed by atoms with Crippen molar-refractivity contribution in [2.24, 2.45) is 0 Å². The van der Waals surface area contributed by atoms with Gasteiger partial charge in [-0.1, -0.05) is 47.3 Å². The lowest BCUT2D eigenvalue weighted by Crippen LogP contribution is -1.70. The van der Waals surface area contributed by atoms with Gasteiger partial charge >= 0.3 is 0 Å². The summed E-state index contributed by atoms with van der Waals surface area (Å²) in [4.78, 5) is 5.82. The molecule has 3 aromatic rings. The zero-order valence-corrected chi connectivity index (χ0v) is 12.6. The van der Waals surface area contributed by atoms with Gasteiger partial charge in [-0.25, -0.2) is 0 Å². The van der Waals surface area contributed by atoms with Crippen molar-refractivity contribution >= 4 is 50.3 Å². The molecule has 3 rings (SSSR count). The first-order valence-electron chi connectivity index (χ1n) is 5.88. The molecular weight excluding hydrogens is 318 g/mol. The summed E-state index contributed by atoms with van der Waals surface area (Å²) in [6.07, 6.45) is 3.75. The Morgan fingerprint density at radius 2 is 1.95 bits per heavy atom. The summed E-state index contributed by atoms with van der Waals surface area (Å²) in [5.41, 5.74) is 3.40. The minimum Gasteiger partial charge on any atom is -0.354 e. The van der Waals surface area contributed by atoms with Crippen LogP contribution in [0.25, 0.3) is 33.6 Å². The number of nitrogens with one attached hydrogen (secondary N) is 1. The van der Waals surface area contributed by atoms with Gasteiger partial charge < -0.3 is 4.98 Å². The standard InChI is InChI=1S/C16H12BrNS/c1-3-10-8-16(19-15(10)4-2)14-7-11-5-6-12(17)9-13(11)18-14/h3-9,18H,1-2H2. The van der Waals surface area contributed by atoms with Gasteiger partial charge in [0.15, 0.2) is 0 Å². The highest BCUT2D eigenvalue weighted by Gasteiger charge is 2.09. The molecule has 0 radical (unpaired) electrons. The van der Waals surface area contributed by atoms with Crippen molar-refractivity contribution in [2.45, 2.75) is 0 Å². The fourth-order valence-corrected chi connectivity index (χ4v) is 3.45. The van der Waals surface area contributed by atoms with Crippen molar-refractivity contribution < 1.29 is 0 Å². The van der Waals surface area contributed by atoms with E-state index in [2.05, 4.69) is 64.4 Å². The molecule has 3 heteroatoms. The van der Waals surface area contributed by atoms with E-state index in [0.29, 0.717) is 0 Å². The second-order valence-corrected chi connectivity index (χ2v) is 6.25. The second-order valence-electron chi connectivity index (χ2n) is 4.25. The Balaban J connectivity index is 2.15. The fraction of sp³-hybridized carbons (Fsp3) is 0. The number of thiophene rings is 1. The van der Waals surface area contributed by atoms with Gasteiger partial charge in [-0.05, 0) is 29.8 Å². The predicted octanol–water partition coefficient (Wildman–Crippen LogP) is 5.94. The van der Waals surface area contributed by atoms with E-state index in [4.69, 9.17) is 0 Å². The number of aromatic amines is 1. The summed E-state index contributed by atoms with van der Waals surface area (Å²) >= 11 is 5.22. The maximum atomic E-state index is 3.85. The molecule has 0 aliphatic rings. The third-order valence-corrected chi connectivity index (χ3v) is 4.72. The molecule has 19 heavy (non-hydrogen) atoms. The summed E-state index contributed by atoms with van der Waals surface area (Å²) in [5, 5.41) is 1.21. The lowest BCUT2D eigenvalue weighted by molar-refractivity contribution is 1.47. The number of hydrogen-bond acceptors (Lipinski definition) is 1. The number of benzene rings is 1. The van der Waals surface area contributed by atoms with Gasteiger partial charge in [-0.2, -0.15) is 0 Å². The van der Waals surface area contributed by atoms with E-state index < -0.39 is 0 Å². The lowest BCUT2D eigenvalue weighted by Gasteiger charge is -1.90. The molecule has 0 bridgehead atoms. The molecule has 0 saturated heterocycles. The van der Waals surface area contributed by atoms with Crippen LogP contribution in [-0.4, -0.2) is 4.98 Å². The Morgan fingerprint density at radius 1 is 1.11 bits per heavy atom. The van der Waals surface area contributed by atoms with E-state index in [9.17, 15) is 0 Å². The SMILES string of the molecule is C=Cc1cc(-c2cc3ccc(Br)cc3[nH]2)sc1C=C. The summed E-state index contributed by atoms with van der Waals surface area (Å²) in [6, 6.07) is 10.6. The first-order valence-corrected chi connectivity index (χ1v) is 7.49. The minimum absolute atomic E-state index is 1.08. The summed E-state index contributed by atoms with van der Waals surface area (Å²) in [5.74, 6) is 0. The lowest BCUT2D eigenvalue weighted by atomic mass is 10.2. The van der Waals surface area contributed by atoms with Gasteiger partial charge in [0.25, 0.3) is 0 Å². The first kappa shape index (κ1) is 12.5.